The van der Waals surface area contributed by atoms with Crippen LogP contribution in [0.2, 0.25) is 0 Å². The van der Waals surface area contributed by atoms with Crippen molar-refractivity contribution in [3.05, 3.63) is 41.5 Å². The third kappa shape index (κ3) is 3.03. The van der Waals surface area contributed by atoms with Crippen LogP contribution in [-0.4, -0.2) is 22.8 Å². The average Bonchev–Trinajstić information content (AvgIpc) is 2.19. The molecule has 0 radical (unpaired) electrons. The minimum atomic E-state index is -0.920. The number of hydrogen-bond donors (Lipinski definition) is 2. The molecule has 0 unspecified atom stereocenters. The molecule has 14 heavy (non-hydrogen) atoms. The van der Waals surface area contributed by atoms with Crippen molar-refractivity contribution in [2.75, 3.05) is 6.61 Å². The summed E-state index contributed by atoms with van der Waals surface area (Å²) in [4.78, 5) is 10.5. The maximum atomic E-state index is 10.5. The van der Waals surface area contributed by atoms with Crippen LogP contribution in [0.1, 0.15) is 22.3 Å². The van der Waals surface area contributed by atoms with Crippen molar-refractivity contribution in [3.63, 3.8) is 0 Å². The van der Waals surface area contributed by atoms with Crippen LogP contribution in [0.3, 0.4) is 0 Å². The van der Waals surface area contributed by atoms with Crippen LogP contribution in [0.15, 0.2) is 30.3 Å². The van der Waals surface area contributed by atoms with Gasteiger partial charge in [-0.3, -0.25) is 0 Å². The zero-order valence-corrected chi connectivity index (χ0v) is 7.68. The molecule has 0 spiro atoms. The fourth-order valence-electron chi connectivity index (χ4n) is 1.03. The van der Waals surface area contributed by atoms with Crippen LogP contribution >= 0.6 is 0 Å². The van der Waals surface area contributed by atoms with Crippen LogP contribution < -0.4 is 0 Å². The maximum Gasteiger partial charge on any atom is 0.335 e. The Morgan fingerprint density at radius 2 is 1.93 bits per heavy atom. The second-order valence-electron chi connectivity index (χ2n) is 2.84. The second-order valence-corrected chi connectivity index (χ2v) is 2.84. The van der Waals surface area contributed by atoms with Crippen molar-refractivity contribution >= 4 is 12.0 Å². The fraction of sp³-hybridized carbons (Fsp3) is 0.182. The maximum absolute atomic E-state index is 10.5. The predicted octanol–water partition coefficient (Wildman–Crippen LogP) is 1.78. The van der Waals surface area contributed by atoms with Gasteiger partial charge in [-0.25, -0.2) is 4.79 Å². The Morgan fingerprint density at radius 3 is 2.43 bits per heavy atom. The van der Waals surface area contributed by atoms with E-state index in [-0.39, 0.29) is 12.2 Å². The van der Waals surface area contributed by atoms with Gasteiger partial charge in [-0.1, -0.05) is 24.3 Å². The van der Waals surface area contributed by atoms with Gasteiger partial charge in [0.1, 0.15) is 0 Å². The lowest BCUT2D eigenvalue weighted by molar-refractivity contribution is 0.0697. The first-order chi connectivity index (χ1) is 6.74. The van der Waals surface area contributed by atoms with Crippen LogP contribution in [0.5, 0.6) is 0 Å². The van der Waals surface area contributed by atoms with Gasteiger partial charge < -0.3 is 10.2 Å². The summed E-state index contributed by atoms with van der Waals surface area (Å²) in [7, 11) is 0. The average molecular weight is 192 g/mol. The summed E-state index contributed by atoms with van der Waals surface area (Å²) in [5.74, 6) is -0.920. The van der Waals surface area contributed by atoms with E-state index in [9.17, 15) is 4.79 Å². The Balaban J connectivity index is 2.68. The first-order valence-corrected chi connectivity index (χ1v) is 4.35. The lowest BCUT2D eigenvalue weighted by atomic mass is 10.1. The zero-order valence-electron chi connectivity index (χ0n) is 7.68. The van der Waals surface area contributed by atoms with Crippen molar-refractivity contribution in [1.29, 1.82) is 0 Å². The molecular formula is C11H12O3. The van der Waals surface area contributed by atoms with E-state index in [1.807, 2.05) is 12.2 Å². The van der Waals surface area contributed by atoms with Crippen molar-refractivity contribution in [2.45, 2.75) is 6.42 Å². The summed E-state index contributed by atoms with van der Waals surface area (Å²) in [5, 5.41) is 17.2. The van der Waals surface area contributed by atoms with Gasteiger partial charge >= 0.3 is 5.97 Å². The summed E-state index contributed by atoms with van der Waals surface area (Å²) in [5.41, 5.74) is 1.22. The number of benzene rings is 1. The number of carboxylic acids is 1. The monoisotopic (exact) mass is 192 g/mol. The van der Waals surface area contributed by atoms with Gasteiger partial charge in [0.05, 0.1) is 5.56 Å². The molecule has 0 aliphatic carbocycles. The largest absolute Gasteiger partial charge is 0.478 e. The number of hydrogen-bond acceptors (Lipinski definition) is 2. The SMILES string of the molecule is O=C(O)c1ccc(C=CCCO)cc1. The minimum Gasteiger partial charge on any atom is -0.478 e. The summed E-state index contributed by atoms with van der Waals surface area (Å²) in [6, 6.07) is 6.58. The molecule has 1 rings (SSSR count). The molecule has 0 aromatic heterocycles. The van der Waals surface area contributed by atoms with Crippen molar-refractivity contribution in [1.82, 2.24) is 0 Å². The highest BCUT2D eigenvalue weighted by Crippen LogP contribution is 2.06. The number of aliphatic hydroxyl groups is 1. The minimum absolute atomic E-state index is 0.129. The highest BCUT2D eigenvalue weighted by Gasteiger charge is 1.99. The molecule has 0 aliphatic heterocycles. The van der Waals surface area contributed by atoms with Crippen LogP contribution in [0.4, 0.5) is 0 Å². The highest BCUT2D eigenvalue weighted by atomic mass is 16.4. The summed E-state index contributed by atoms with van der Waals surface area (Å²) in [6.45, 7) is 0.129. The van der Waals surface area contributed by atoms with Crippen LogP contribution in [-0.2, 0) is 0 Å². The zero-order chi connectivity index (χ0) is 10.4. The van der Waals surface area contributed by atoms with Crippen molar-refractivity contribution in [2.24, 2.45) is 0 Å². The van der Waals surface area contributed by atoms with E-state index in [1.54, 1.807) is 24.3 Å². The molecule has 0 aliphatic rings. The van der Waals surface area contributed by atoms with E-state index in [1.165, 1.54) is 0 Å². The van der Waals surface area contributed by atoms with Gasteiger partial charge in [-0.2, -0.15) is 0 Å². The van der Waals surface area contributed by atoms with Gasteiger partial charge in [-0.15, -0.1) is 0 Å². The lowest BCUT2D eigenvalue weighted by Gasteiger charge is -1.95. The highest BCUT2D eigenvalue weighted by molar-refractivity contribution is 5.87. The summed E-state index contributed by atoms with van der Waals surface area (Å²) < 4.78 is 0. The molecule has 2 N–H and O–H groups in total. The normalized spacial score (nSPS) is 10.6. The smallest absolute Gasteiger partial charge is 0.335 e. The molecule has 0 saturated heterocycles. The van der Waals surface area contributed by atoms with Crippen molar-refractivity contribution in [3.8, 4) is 0 Å². The number of aromatic carboxylic acids is 1. The number of rotatable bonds is 4. The molecule has 3 nitrogen and oxygen atoms in total. The van der Waals surface area contributed by atoms with E-state index >= 15 is 0 Å². The van der Waals surface area contributed by atoms with Gasteiger partial charge in [0.25, 0.3) is 0 Å². The Labute approximate surface area is 82.3 Å². The molecule has 0 heterocycles. The molecule has 0 bridgehead atoms. The van der Waals surface area contributed by atoms with Gasteiger partial charge in [0.2, 0.25) is 0 Å². The van der Waals surface area contributed by atoms with E-state index in [4.69, 9.17) is 10.2 Å². The van der Waals surface area contributed by atoms with E-state index in [0.29, 0.717) is 6.42 Å². The second kappa shape index (κ2) is 5.19. The number of carbonyl (C=O) groups is 1. The van der Waals surface area contributed by atoms with Gasteiger partial charge in [0.15, 0.2) is 0 Å². The Kier molecular flexibility index (Phi) is 3.88. The van der Waals surface area contributed by atoms with E-state index in [2.05, 4.69) is 0 Å². The summed E-state index contributed by atoms with van der Waals surface area (Å²) in [6.07, 6.45) is 4.30. The molecule has 0 fully saturated rings. The molecule has 1 aromatic carbocycles. The third-order valence-electron chi connectivity index (χ3n) is 1.76. The van der Waals surface area contributed by atoms with Crippen molar-refractivity contribution < 1.29 is 15.0 Å². The third-order valence-corrected chi connectivity index (χ3v) is 1.76. The van der Waals surface area contributed by atoms with Crippen LogP contribution in [0.25, 0.3) is 6.08 Å². The Hall–Kier alpha value is -1.61. The molecule has 0 amide bonds. The fourth-order valence-corrected chi connectivity index (χ4v) is 1.03. The molecule has 1 aromatic rings. The Morgan fingerprint density at radius 1 is 1.29 bits per heavy atom. The van der Waals surface area contributed by atoms with E-state index < -0.39 is 5.97 Å². The number of carboxylic acid groups (broad SMARTS) is 1. The molecule has 74 valence electrons. The lowest BCUT2D eigenvalue weighted by Crippen LogP contribution is -1.94. The van der Waals surface area contributed by atoms with Gasteiger partial charge in [-0.05, 0) is 24.1 Å². The number of aliphatic hydroxyl groups excluding tert-OH is 1. The quantitative estimate of drug-likeness (QED) is 0.764. The first kappa shape index (κ1) is 10.5. The standard InChI is InChI=1S/C11H12O3/c12-8-2-1-3-9-4-6-10(7-5-9)11(13)14/h1,3-7,12H,2,8H2,(H,13,14). The summed E-state index contributed by atoms with van der Waals surface area (Å²) >= 11 is 0. The topological polar surface area (TPSA) is 57.5 Å². The molecule has 0 saturated carbocycles. The molecule has 3 heteroatoms. The van der Waals surface area contributed by atoms with Crippen LogP contribution in [0, 0.1) is 0 Å². The molecular weight excluding hydrogens is 180 g/mol. The van der Waals surface area contributed by atoms with Gasteiger partial charge in [0, 0.05) is 6.61 Å². The molecule has 0 atom stereocenters. The van der Waals surface area contributed by atoms with E-state index in [0.717, 1.165) is 5.56 Å². The Bertz CT molecular complexity index is 325. The first-order valence-electron chi connectivity index (χ1n) is 4.35. The predicted molar refractivity (Wildman–Crippen MR) is 54.1 cm³/mol.